The maximum absolute atomic E-state index is 13.6. The van der Waals surface area contributed by atoms with Crippen LogP contribution in [-0.2, 0) is 4.79 Å². The van der Waals surface area contributed by atoms with Gasteiger partial charge in [0.25, 0.3) is 0 Å². The van der Waals surface area contributed by atoms with E-state index in [1.54, 1.807) is 0 Å². The van der Waals surface area contributed by atoms with Crippen LogP contribution in [0.3, 0.4) is 0 Å². The van der Waals surface area contributed by atoms with E-state index in [1.165, 1.54) is 12.1 Å². The Balaban J connectivity index is 1.89. The molecular formula is C14H18ClFN2O2. The fourth-order valence-corrected chi connectivity index (χ4v) is 2.51. The van der Waals surface area contributed by atoms with Crippen LogP contribution in [0.5, 0.6) is 0 Å². The molecular weight excluding hydrogens is 283 g/mol. The quantitative estimate of drug-likeness (QED) is 0.899. The zero-order valence-electron chi connectivity index (χ0n) is 11.3. The average Bonchev–Trinajstić information content (AvgIpc) is 2.37. The first kappa shape index (κ1) is 15.2. The first-order valence-corrected chi connectivity index (χ1v) is 6.99. The third-order valence-corrected chi connectivity index (χ3v) is 3.75. The van der Waals surface area contributed by atoms with Crippen LogP contribution >= 0.6 is 11.6 Å². The van der Waals surface area contributed by atoms with Crippen LogP contribution in [0.4, 0.5) is 10.1 Å². The maximum Gasteiger partial charge on any atom is 0.238 e. The molecule has 110 valence electrons. The third kappa shape index (κ3) is 3.91. The molecule has 1 heterocycles. The Morgan fingerprint density at radius 2 is 2.35 bits per heavy atom. The Morgan fingerprint density at radius 3 is 3.00 bits per heavy atom. The first-order chi connectivity index (χ1) is 9.45. The van der Waals surface area contributed by atoms with Gasteiger partial charge in [0.15, 0.2) is 0 Å². The van der Waals surface area contributed by atoms with Gasteiger partial charge in [-0.25, -0.2) is 4.39 Å². The van der Waals surface area contributed by atoms with Crippen LogP contribution in [0.15, 0.2) is 18.2 Å². The van der Waals surface area contributed by atoms with E-state index < -0.39 is 5.82 Å². The number of rotatable bonds is 3. The molecule has 6 heteroatoms. The molecule has 2 atom stereocenters. The summed E-state index contributed by atoms with van der Waals surface area (Å²) in [5, 5.41) is 12.5. The molecule has 1 aromatic carbocycles. The second kappa shape index (κ2) is 6.52. The average molecular weight is 301 g/mol. The lowest BCUT2D eigenvalue weighted by Gasteiger charge is -2.33. The predicted octanol–water partition coefficient (Wildman–Crippen LogP) is 2.12. The number of halogens is 2. The number of anilines is 1. The van der Waals surface area contributed by atoms with Gasteiger partial charge in [-0.15, -0.1) is 0 Å². The Morgan fingerprint density at radius 1 is 1.60 bits per heavy atom. The van der Waals surface area contributed by atoms with Gasteiger partial charge in [-0.1, -0.05) is 18.5 Å². The van der Waals surface area contributed by atoms with Crippen LogP contribution in [0.25, 0.3) is 0 Å². The summed E-state index contributed by atoms with van der Waals surface area (Å²) in [5.74, 6) is -0.674. The molecule has 0 radical (unpaired) electrons. The number of carbonyl (C=O) groups is 1. The minimum absolute atomic E-state index is 0.129. The largest absolute Gasteiger partial charge is 0.393 e. The van der Waals surface area contributed by atoms with E-state index in [0.29, 0.717) is 24.5 Å². The van der Waals surface area contributed by atoms with E-state index in [-0.39, 0.29) is 30.2 Å². The highest BCUT2D eigenvalue weighted by atomic mass is 35.5. The van der Waals surface area contributed by atoms with Gasteiger partial charge in [0.2, 0.25) is 5.91 Å². The molecule has 0 saturated carbocycles. The van der Waals surface area contributed by atoms with E-state index in [2.05, 4.69) is 5.32 Å². The highest BCUT2D eigenvalue weighted by Crippen LogP contribution is 2.19. The van der Waals surface area contributed by atoms with Crippen molar-refractivity contribution in [3.05, 3.63) is 29.0 Å². The number of aliphatic hydroxyl groups is 1. The number of carbonyl (C=O) groups excluding carboxylic acids is 1. The Bertz CT molecular complexity index is 498. The second-order valence-electron chi connectivity index (χ2n) is 5.24. The number of hydrogen-bond donors (Lipinski definition) is 2. The number of aliphatic hydroxyl groups excluding tert-OH is 1. The van der Waals surface area contributed by atoms with Crippen molar-refractivity contribution in [2.75, 3.05) is 25.0 Å². The first-order valence-electron chi connectivity index (χ1n) is 6.61. The highest BCUT2D eigenvalue weighted by Gasteiger charge is 2.25. The number of amides is 1. The number of nitrogens with zero attached hydrogens (tertiary/aromatic N) is 1. The molecule has 1 saturated heterocycles. The van der Waals surface area contributed by atoms with Crippen molar-refractivity contribution in [1.29, 1.82) is 0 Å². The third-order valence-electron chi connectivity index (χ3n) is 3.52. The maximum atomic E-state index is 13.6. The number of likely N-dealkylation sites (tertiary alicyclic amines) is 1. The van der Waals surface area contributed by atoms with E-state index in [0.717, 1.165) is 6.07 Å². The van der Waals surface area contributed by atoms with Gasteiger partial charge in [0.1, 0.15) is 5.82 Å². The minimum atomic E-state index is -0.548. The molecule has 2 N–H and O–H groups in total. The van der Waals surface area contributed by atoms with E-state index in [9.17, 15) is 14.3 Å². The molecule has 1 aromatic rings. The SMILES string of the molecule is CC1CN(CC(=O)Nc2ccc(Cl)cc2F)CCC1O. The molecule has 0 aromatic heterocycles. The van der Waals surface area contributed by atoms with Crippen molar-refractivity contribution in [1.82, 2.24) is 4.90 Å². The number of nitrogens with one attached hydrogen (secondary N) is 1. The lowest BCUT2D eigenvalue weighted by atomic mass is 9.97. The van der Waals surface area contributed by atoms with Gasteiger partial charge in [-0.05, 0) is 30.5 Å². The lowest BCUT2D eigenvalue weighted by molar-refractivity contribution is -0.118. The summed E-state index contributed by atoms with van der Waals surface area (Å²) in [7, 11) is 0. The highest BCUT2D eigenvalue weighted by molar-refractivity contribution is 6.30. The predicted molar refractivity (Wildman–Crippen MR) is 76.3 cm³/mol. The smallest absolute Gasteiger partial charge is 0.238 e. The Hall–Kier alpha value is -1.17. The molecule has 1 amide bonds. The van der Waals surface area contributed by atoms with Crippen molar-refractivity contribution in [3.63, 3.8) is 0 Å². The molecule has 0 aliphatic carbocycles. The fraction of sp³-hybridized carbons (Fsp3) is 0.500. The molecule has 1 aliphatic rings. The van der Waals surface area contributed by atoms with E-state index in [1.807, 2.05) is 11.8 Å². The van der Waals surface area contributed by atoms with E-state index >= 15 is 0 Å². The normalized spacial score (nSPS) is 23.6. The summed E-state index contributed by atoms with van der Waals surface area (Å²) in [4.78, 5) is 13.8. The topological polar surface area (TPSA) is 52.6 Å². The molecule has 1 aliphatic heterocycles. The van der Waals surface area contributed by atoms with Crippen molar-refractivity contribution in [2.45, 2.75) is 19.4 Å². The van der Waals surface area contributed by atoms with Crippen LogP contribution < -0.4 is 5.32 Å². The summed E-state index contributed by atoms with van der Waals surface area (Å²) in [6.45, 7) is 3.48. The van der Waals surface area contributed by atoms with Crippen LogP contribution in [0, 0.1) is 11.7 Å². The molecule has 0 bridgehead atoms. The summed E-state index contributed by atoms with van der Waals surface area (Å²) < 4.78 is 13.6. The summed E-state index contributed by atoms with van der Waals surface area (Å²) >= 11 is 5.65. The zero-order valence-corrected chi connectivity index (χ0v) is 12.0. The van der Waals surface area contributed by atoms with Gasteiger partial charge in [0, 0.05) is 18.1 Å². The van der Waals surface area contributed by atoms with E-state index in [4.69, 9.17) is 11.6 Å². The van der Waals surface area contributed by atoms with Gasteiger partial charge in [-0.2, -0.15) is 0 Å². The monoisotopic (exact) mass is 300 g/mol. The Kier molecular flexibility index (Phi) is 4.96. The molecule has 4 nitrogen and oxygen atoms in total. The van der Waals surface area contributed by atoms with Crippen LogP contribution in [-0.4, -0.2) is 41.7 Å². The van der Waals surface area contributed by atoms with Crippen molar-refractivity contribution >= 4 is 23.2 Å². The van der Waals surface area contributed by atoms with Crippen molar-refractivity contribution < 1.29 is 14.3 Å². The minimum Gasteiger partial charge on any atom is -0.393 e. The van der Waals surface area contributed by atoms with Gasteiger partial charge >= 0.3 is 0 Å². The van der Waals surface area contributed by atoms with Crippen LogP contribution in [0.1, 0.15) is 13.3 Å². The molecule has 2 rings (SSSR count). The van der Waals surface area contributed by atoms with Crippen LogP contribution in [0.2, 0.25) is 5.02 Å². The summed E-state index contributed by atoms with van der Waals surface area (Å²) in [5.41, 5.74) is 0.129. The summed E-state index contributed by atoms with van der Waals surface area (Å²) in [6.07, 6.45) is 0.354. The Labute approximate surface area is 122 Å². The van der Waals surface area contributed by atoms with Gasteiger partial charge < -0.3 is 10.4 Å². The molecule has 1 fully saturated rings. The molecule has 2 unspecified atom stereocenters. The number of hydrogen-bond acceptors (Lipinski definition) is 3. The zero-order chi connectivity index (χ0) is 14.7. The van der Waals surface area contributed by atoms with Gasteiger partial charge in [-0.3, -0.25) is 9.69 Å². The second-order valence-corrected chi connectivity index (χ2v) is 5.68. The van der Waals surface area contributed by atoms with Crippen molar-refractivity contribution in [3.8, 4) is 0 Å². The van der Waals surface area contributed by atoms with Crippen molar-refractivity contribution in [2.24, 2.45) is 5.92 Å². The van der Waals surface area contributed by atoms with Gasteiger partial charge in [0.05, 0.1) is 18.3 Å². The summed E-state index contributed by atoms with van der Waals surface area (Å²) in [6, 6.07) is 4.13. The molecule has 20 heavy (non-hydrogen) atoms. The fourth-order valence-electron chi connectivity index (χ4n) is 2.35. The lowest BCUT2D eigenvalue weighted by Crippen LogP contribution is -2.45. The molecule has 0 spiro atoms. The number of benzene rings is 1. The number of piperidine rings is 1. The standard InChI is InChI=1S/C14H18ClFN2O2/c1-9-7-18(5-4-13(9)19)8-14(20)17-12-3-2-10(15)6-11(12)16/h2-3,6,9,13,19H,4-5,7-8H2,1H3,(H,17,20).